The van der Waals surface area contributed by atoms with E-state index in [9.17, 15) is 0 Å². The van der Waals surface area contributed by atoms with Gasteiger partial charge in [-0.05, 0) is 92.0 Å². The molecule has 0 saturated carbocycles. The Balaban J connectivity index is 1.14. The fourth-order valence-electron chi connectivity index (χ4n) is 8.34. The molecule has 0 bridgehead atoms. The maximum atomic E-state index is 2.44. The first-order valence-electron chi connectivity index (χ1n) is 16.6. The van der Waals surface area contributed by atoms with Crippen LogP contribution in [0.1, 0.15) is 0 Å². The van der Waals surface area contributed by atoms with E-state index in [4.69, 9.17) is 0 Å². The lowest BCUT2D eigenvalue weighted by molar-refractivity contribution is 1.16. The van der Waals surface area contributed by atoms with E-state index in [-0.39, 0.29) is 0 Å². The van der Waals surface area contributed by atoms with Crippen LogP contribution in [0, 0.1) is 0 Å². The van der Waals surface area contributed by atoms with Crippen LogP contribution in [0.15, 0.2) is 170 Å². The zero-order chi connectivity index (χ0) is 31.3. The molecular formula is C46H28N2. The minimum absolute atomic E-state index is 1.16. The quantitative estimate of drug-likeness (QED) is 0.177. The van der Waals surface area contributed by atoms with Crippen molar-refractivity contribution in [1.29, 1.82) is 0 Å². The number of fused-ring (bicyclic) bond motifs is 6. The zero-order valence-corrected chi connectivity index (χ0v) is 26.1. The fraction of sp³-hybridized carbons (Fsp3) is 0. The molecule has 2 nitrogen and oxygen atoms in total. The molecule has 2 heteroatoms. The SMILES string of the molecule is c1ccc(-n2c3ccccc3c3cc4c5ccccc5n(-c5ccc(-c6ccc7ccc8cccc9ccc6c7c89)cc5)c4cc32)cc1. The molecule has 0 N–H and O–H groups in total. The molecule has 0 unspecified atom stereocenters. The van der Waals surface area contributed by atoms with E-state index in [0.29, 0.717) is 0 Å². The van der Waals surface area contributed by atoms with Crippen molar-refractivity contribution in [3.05, 3.63) is 170 Å². The Morgan fingerprint density at radius 3 is 1.50 bits per heavy atom. The topological polar surface area (TPSA) is 9.86 Å². The van der Waals surface area contributed by atoms with E-state index in [2.05, 4.69) is 179 Å². The van der Waals surface area contributed by atoms with Crippen LogP contribution < -0.4 is 0 Å². The van der Waals surface area contributed by atoms with E-state index in [1.165, 1.54) is 92.7 Å². The van der Waals surface area contributed by atoms with Gasteiger partial charge in [0.1, 0.15) is 0 Å². The van der Waals surface area contributed by atoms with E-state index in [1.54, 1.807) is 0 Å². The van der Waals surface area contributed by atoms with Crippen LogP contribution in [0.2, 0.25) is 0 Å². The number of nitrogens with zero attached hydrogens (tertiary/aromatic N) is 2. The summed E-state index contributed by atoms with van der Waals surface area (Å²) in [4.78, 5) is 0. The number of hydrogen-bond acceptors (Lipinski definition) is 0. The lowest BCUT2D eigenvalue weighted by Crippen LogP contribution is -1.96. The first-order chi connectivity index (χ1) is 23.8. The Hall–Kier alpha value is -6.38. The Bertz CT molecular complexity index is 3020. The molecule has 0 aliphatic rings. The third-order valence-corrected chi connectivity index (χ3v) is 10.4. The van der Waals surface area contributed by atoms with Gasteiger partial charge >= 0.3 is 0 Å². The molecule has 9 aromatic carbocycles. The van der Waals surface area contributed by atoms with Gasteiger partial charge in [-0.25, -0.2) is 0 Å². The monoisotopic (exact) mass is 608 g/mol. The third kappa shape index (κ3) is 3.46. The van der Waals surface area contributed by atoms with Crippen molar-refractivity contribution in [2.24, 2.45) is 0 Å². The summed E-state index contributed by atoms with van der Waals surface area (Å²) in [6.07, 6.45) is 0. The summed E-state index contributed by atoms with van der Waals surface area (Å²) < 4.78 is 4.84. The normalized spacial score (nSPS) is 12.2. The Kier molecular flexibility index (Phi) is 5.14. The first kappa shape index (κ1) is 25.8. The molecule has 0 fully saturated rings. The molecule has 48 heavy (non-hydrogen) atoms. The highest BCUT2D eigenvalue weighted by atomic mass is 15.0. The molecule has 0 saturated heterocycles. The van der Waals surface area contributed by atoms with Gasteiger partial charge in [0.2, 0.25) is 0 Å². The lowest BCUT2D eigenvalue weighted by Gasteiger charge is -2.15. The predicted octanol–water partition coefficient (Wildman–Crippen LogP) is 12.4. The number of benzene rings is 9. The van der Waals surface area contributed by atoms with Gasteiger partial charge in [-0.3, -0.25) is 0 Å². The lowest BCUT2D eigenvalue weighted by atomic mass is 9.90. The van der Waals surface area contributed by atoms with Crippen LogP contribution in [0.25, 0.3) is 98.4 Å². The fourth-order valence-corrected chi connectivity index (χ4v) is 8.34. The number of hydrogen-bond donors (Lipinski definition) is 0. The molecule has 11 rings (SSSR count). The van der Waals surface area contributed by atoms with Gasteiger partial charge in [0.15, 0.2) is 0 Å². The third-order valence-electron chi connectivity index (χ3n) is 10.4. The van der Waals surface area contributed by atoms with Crippen LogP contribution >= 0.6 is 0 Å². The van der Waals surface area contributed by atoms with E-state index in [1.807, 2.05) is 0 Å². The minimum Gasteiger partial charge on any atom is -0.309 e. The summed E-state index contributed by atoms with van der Waals surface area (Å²) in [5, 5.41) is 13.0. The second-order valence-corrected chi connectivity index (χ2v) is 12.9. The average Bonchev–Trinajstić information content (AvgIpc) is 3.65. The molecule has 0 spiro atoms. The van der Waals surface area contributed by atoms with Crippen LogP contribution in [0.4, 0.5) is 0 Å². The summed E-state index contributed by atoms with van der Waals surface area (Å²) in [6.45, 7) is 0. The van der Waals surface area contributed by atoms with Gasteiger partial charge in [0, 0.05) is 32.9 Å². The van der Waals surface area contributed by atoms with Crippen molar-refractivity contribution < 1.29 is 0 Å². The molecule has 0 radical (unpaired) electrons. The molecule has 11 aromatic rings. The second kappa shape index (κ2) is 9.57. The second-order valence-electron chi connectivity index (χ2n) is 12.9. The smallest absolute Gasteiger partial charge is 0.0562 e. The standard InChI is InChI=1S/C46H28N2/c1-2-11-33(12-3-1)47-41-15-6-4-13-36(41)39-27-40-37-14-5-7-16-42(37)48(44(40)28-43(39)47)34-23-19-29(20-24-34)35-25-21-32-18-17-30-9-8-10-31-22-26-38(35)46(32)45(30)31/h1-28H. The molecule has 0 amide bonds. The molecular weight excluding hydrogens is 581 g/mol. The maximum Gasteiger partial charge on any atom is 0.0562 e. The zero-order valence-electron chi connectivity index (χ0n) is 26.1. The van der Waals surface area contributed by atoms with Crippen LogP contribution in [-0.4, -0.2) is 9.13 Å². The average molecular weight is 609 g/mol. The highest BCUT2D eigenvalue weighted by Gasteiger charge is 2.19. The number of para-hydroxylation sites is 3. The molecule has 2 aromatic heterocycles. The van der Waals surface area contributed by atoms with Crippen LogP contribution in [-0.2, 0) is 0 Å². The molecule has 222 valence electrons. The van der Waals surface area contributed by atoms with Crippen molar-refractivity contribution in [3.8, 4) is 22.5 Å². The van der Waals surface area contributed by atoms with Crippen molar-refractivity contribution in [2.75, 3.05) is 0 Å². The summed E-state index contributed by atoms with van der Waals surface area (Å²) in [6, 6.07) is 62.5. The minimum atomic E-state index is 1.16. The van der Waals surface area contributed by atoms with Crippen LogP contribution in [0.5, 0.6) is 0 Å². The first-order valence-corrected chi connectivity index (χ1v) is 16.6. The molecule has 0 atom stereocenters. The largest absolute Gasteiger partial charge is 0.309 e. The molecule has 2 heterocycles. The van der Waals surface area contributed by atoms with Gasteiger partial charge in [-0.2, -0.15) is 0 Å². The van der Waals surface area contributed by atoms with Crippen LogP contribution in [0.3, 0.4) is 0 Å². The summed E-state index contributed by atoms with van der Waals surface area (Å²) >= 11 is 0. The van der Waals surface area contributed by atoms with Gasteiger partial charge < -0.3 is 9.13 Å². The van der Waals surface area contributed by atoms with Crippen molar-refractivity contribution in [2.45, 2.75) is 0 Å². The molecule has 0 aliphatic heterocycles. The van der Waals surface area contributed by atoms with E-state index < -0.39 is 0 Å². The van der Waals surface area contributed by atoms with Gasteiger partial charge in [-0.1, -0.05) is 121 Å². The Labute approximate surface area is 276 Å². The Morgan fingerprint density at radius 1 is 0.292 bits per heavy atom. The van der Waals surface area contributed by atoms with Gasteiger partial charge in [0.05, 0.1) is 22.1 Å². The van der Waals surface area contributed by atoms with E-state index in [0.717, 1.165) is 5.69 Å². The number of rotatable bonds is 3. The maximum absolute atomic E-state index is 2.44. The van der Waals surface area contributed by atoms with Crippen molar-refractivity contribution >= 4 is 75.9 Å². The molecule has 0 aliphatic carbocycles. The van der Waals surface area contributed by atoms with Gasteiger partial charge in [0.25, 0.3) is 0 Å². The number of aromatic nitrogens is 2. The van der Waals surface area contributed by atoms with Gasteiger partial charge in [-0.15, -0.1) is 0 Å². The van der Waals surface area contributed by atoms with Crippen molar-refractivity contribution in [3.63, 3.8) is 0 Å². The van der Waals surface area contributed by atoms with E-state index >= 15 is 0 Å². The predicted molar refractivity (Wildman–Crippen MR) is 204 cm³/mol. The Morgan fingerprint density at radius 2 is 0.833 bits per heavy atom. The summed E-state index contributed by atoms with van der Waals surface area (Å²) in [5.74, 6) is 0. The summed E-state index contributed by atoms with van der Waals surface area (Å²) in [5.41, 5.74) is 9.68. The highest BCUT2D eigenvalue weighted by molar-refractivity contribution is 6.25. The summed E-state index contributed by atoms with van der Waals surface area (Å²) in [7, 11) is 0. The van der Waals surface area contributed by atoms with Crippen molar-refractivity contribution in [1.82, 2.24) is 9.13 Å². The highest BCUT2D eigenvalue weighted by Crippen LogP contribution is 2.42.